The highest BCUT2D eigenvalue weighted by atomic mass is 16.4. The topological polar surface area (TPSA) is 66.0 Å². The van der Waals surface area contributed by atoms with Gasteiger partial charge in [-0.3, -0.25) is 4.98 Å². The lowest BCUT2D eigenvalue weighted by atomic mass is 10.0. The highest BCUT2D eigenvalue weighted by Crippen LogP contribution is 2.27. The number of carbonyl (C=O) groups is 1. The molecule has 4 heteroatoms. The van der Waals surface area contributed by atoms with Crippen molar-refractivity contribution in [2.45, 2.75) is 19.8 Å². The molecular formula is C11H12N2O2. The van der Waals surface area contributed by atoms with E-state index in [1.165, 1.54) is 6.20 Å². The van der Waals surface area contributed by atoms with Gasteiger partial charge in [-0.2, -0.15) is 0 Å². The zero-order valence-electron chi connectivity index (χ0n) is 8.61. The first-order chi connectivity index (χ1) is 7.11. The predicted molar refractivity (Wildman–Crippen MR) is 57.1 cm³/mol. The molecule has 15 heavy (non-hydrogen) atoms. The maximum atomic E-state index is 11.0. The maximum Gasteiger partial charge on any atom is 0.337 e. The van der Waals surface area contributed by atoms with Crippen LogP contribution in [0.25, 0.3) is 10.9 Å². The Kier molecular flexibility index (Phi) is 2.19. The molecule has 0 atom stereocenters. The summed E-state index contributed by atoms with van der Waals surface area (Å²) < 4.78 is 0. The molecule has 0 aliphatic carbocycles. The number of pyridine rings is 1. The molecular weight excluding hydrogens is 192 g/mol. The van der Waals surface area contributed by atoms with Gasteiger partial charge < -0.3 is 10.1 Å². The van der Waals surface area contributed by atoms with E-state index >= 15 is 0 Å². The number of hydrogen-bond acceptors (Lipinski definition) is 2. The number of aromatic carboxylic acids is 1. The van der Waals surface area contributed by atoms with Crippen molar-refractivity contribution in [3.8, 4) is 0 Å². The molecule has 78 valence electrons. The van der Waals surface area contributed by atoms with Gasteiger partial charge in [0.05, 0.1) is 17.3 Å². The molecule has 0 spiro atoms. The number of H-pyrrole nitrogens is 1. The smallest absolute Gasteiger partial charge is 0.337 e. The van der Waals surface area contributed by atoms with Crippen LogP contribution in [0, 0.1) is 0 Å². The van der Waals surface area contributed by atoms with E-state index in [-0.39, 0.29) is 5.56 Å². The fraction of sp³-hybridized carbons (Fsp3) is 0.273. The fourth-order valence-corrected chi connectivity index (χ4v) is 1.73. The Balaban J connectivity index is 2.80. The van der Waals surface area contributed by atoms with Gasteiger partial charge >= 0.3 is 5.97 Å². The molecule has 2 N–H and O–H groups in total. The third-order valence-corrected chi connectivity index (χ3v) is 2.47. The SMILES string of the molecule is CC(C)c1c[nH]c2cncc(C(=O)O)c12. The van der Waals surface area contributed by atoms with E-state index in [9.17, 15) is 4.79 Å². The number of aromatic amines is 1. The van der Waals surface area contributed by atoms with Gasteiger partial charge in [0, 0.05) is 17.8 Å². The Hall–Kier alpha value is -1.84. The molecule has 0 saturated heterocycles. The summed E-state index contributed by atoms with van der Waals surface area (Å²) in [5.74, 6) is -0.645. The Bertz CT molecular complexity index is 514. The molecule has 0 saturated carbocycles. The number of nitrogens with zero attached hydrogens (tertiary/aromatic N) is 1. The second-order valence-corrected chi connectivity index (χ2v) is 3.81. The summed E-state index contributed by atoms with van der Waals surface area (Å²) in [6, 6.07) is 0. The molecule has 2 aromatic rings. The van der Waals surface area contributed by atoms with Crippen molar-refractivity contribution in [2.75, 3.05) is 0 Å². The van der Waals surface area contributed by atoms with E-state index in [4.69, 9.17) is 5.11 Å². The lowest BCUT2D eigenvalue weighted by molar-refractivity contribution is 0.0698. The molecule has 2 rings (SSSR count). The van der Waals surface area contributed by atoms with Gasteiger partial charge in [0.15, 0.2) is 0 Å². The van der Waals surface area contributed by atoms with E-state index in [1.807, 2.05) is 20.0 Å². The van der Waals surface area contributed by atoms with Crippen molar-refractivity contribution in [1.82, 2.24) is 9.97 Å². The van der Waals surface area contributed by atoms with Crippen molar-refractivity contribution in [3.63, 3.8) is 0 Å². The van der Waals surface area contributed by atoms with E-state index in [2.05, 4.69) is 9.97 Å². The van der Waals surface area contributed by atoms with Gasteiger partial charge in [-0.25, -0.2) is 4.79 Å². The maximum absolute atomic E-state index is 11.0. The summed E-state index contributed by atoms with van der Waals surface area (Å²) in [4.78, 5) is 18.0. The van der Waals surface area contributed by atoms with E-state index in [1.54, 1.807) is 6.20 Å². The molecule has 0 fully saturated rings. The van der Waals surface area contributed by atoms with Crippen LogP contribution in [0.5, 0.6) is 0 Å². The van der Waals surface area contributed by atoms with E-state index in [0.717, 1.165) is 16.5 Å². The van der Waals surface area contributed by atoms with Crippen LogP contribution >= 0.6 is 0 Å². The van der Waals surface area contributed by atoms with Gasteiger partial charge in [0.25, 0.3) is 0 Å². The van der Waals surface area contributed by atoms with Gasteiger partial charge in [-0.1, -0.05) is 13.8 Å². The molecule has 2 aromatic heterocycles. The molecule has 0 aromatic carbocycles. The van der Waals surface area contributed by atoms with Gasteiger partial charge in [-0.15, -0.1) is 0 Å². The van der Waals surface area contributed by atoms with Crippen molar-refractivity contribution in [1.29, 1.82) is 0 Å². The number of fused-ring (bicyclic) bond motifs is 1. The zero-order chi connectivity index (χ0) is 11.0. The number of aromatic nitrogens is 2. The Labute approximate surface area is 87.0 Å². The van der Waals surface area contributed by atoms with Gasteiger partial charge in [0.2, 0.25) is 0 Å². The summed E-state index contributed by atoms with van der Waals surface area (Å²) >= 11 is 0. The van der Waals surface area contributed by atoms with Crippen molar-refractivity contribution < 1.29 is 9.90 Å². The standard InChI is InChI=1S/C11H12N2O2/c1-6(2)7-4-13-9-5-12-3-8(10(7)9)11(14)15/h3-6,13H,1-2H3,(H,14,15). The van der Waals surface area contributed by atoms with E-state index in [0.29, 0.717) is 5.92 Å². The minimum atomic E-state index is -0.936. The normalized spacial score (nSPS) is 11.1. The number of rotatable bonds is 2. The van der Waals surface area contributed by atoms with E-state index < -0.39 is 5.97 Å². The summed E-state index contributed by atoms with van der Waals surface area (Å²) in [5, 5.41) is 9.82. The third-order valence-electron chi connectivity index (χ3n) is 2.47. The third kappa shape index (κ3) is 1.48. The lowest BCUT2D eigenvalue weighted by Crippen LogP contribution is -1.99. The fourth-order valence-electron chi connectivity index (χ4n) is 1.73. The lowest BCUT2D eigenvalue weighted by Gasteiger charge is -2.04. The van der Waals surface area contributed by atoms with Crippen molar-refractivity contribution in [3.05, 3.63) is 29.7 Å². The monoisotopic (exact) mass is 204 g/mol. The first-order valence-electron chi connectivity index (χ1n) is 4.79. The van der Waals surface area contributed by atoms with Crippen molar-refractivity contribution in [2.24, 2.45) is 0 Å². The van der Waals surface area contributed by atoms with Crippen LogP contribution in [-0.4, -0.2) is 21.0 Å². The highest BCUT2D eigenvalue weighted by molar-refractivity contribution is 6.03. The molecule has 2 heterocycles. The molecule has 4 nitrogen and oxygen atoms in total. The Morgan fingerprint density at radius 1 is 1.47 bits per heavy atom. The van der Waals surface area contributed by atoms with Crippen LogP contribution in [0.15, 0.2) is 18.6 Å². The molecule has 0 aliphatic heterocycles. The highest BCUT2D eigenvalue weighted by Gasteiger charge is 2.15. The van der Waals surface area contributed by atoms with Gasteiger partial charge in [0.1, 0.15) is 0 Å². The minimum absolute atomic E-state index is 0.262. The van der Waals surface area contributed by atoms with Crippen LogP contribution in [0.2, 0.25) is 0 Å². The zero-order valence-corrected chi connectivity index (χ0v) is 8.61. The number of hydrogen-bond donors (Lipinski definition) is 2. The average Bonchev–Trinajstić information content (AvgIpc) is 2.60. The first kappa shape index (κ1) is 9.71. The summed E-state index contributed by atoms with van der Waals surface area (Å²) in [6.07, 6.45) is 4.89. The minimum Gasteiger partial charge on any atom is -0.478 e. The number of carboxylic acids is 1. The molecule has 0 radical (unpaired) electrons. The number of nitrogens with one attached hydrogen (secondary N) is 1. The second-order valence-electron chi connectivity index (χ2n) is 3.81. The number of carboxylic acid groups (broad SMARTS) is 1. The first-order valence-corrected chi connectivity index (χ1v) is 4.79. The van der Waals surface area contributed by atoms with Crippen LogP contribution in [0.3, 0.4) is 0 Å². The van der Waals surface area contributed by atoms with Crippen LogP contribution in [-0.2, 0) is 0 Å². The average molecular weight is 204 g/mol. The molecule has 0 amide bonds. The summed E-state index contributed by atoms with van der Waals surface area (Å²) in [6.45, 7) is 4.07. The second kappa shape index (κ2) is 3.38. The van der Waals surface area contributed by atoms with Crippen LogP contribution in [0.1, 0.15) is 35.7 Å². The van der Waals surface area contributed by atoms with Gasteiger partial charge in [-0.05, 0) is 11.5 Å². The Morgan fingerprint density at radius 3 is 2.80 bits per heavy atom. The van der Waals surface area contributed by atoms with Crippen LogP contribution in [0.4, 0.5) is 0 Å². The van der Waals surface area contributed by atoms with Crippen molar-refractivity contribution >= 4 is 16.9 Å². The molecule has 0 bridgehead atoms. The summed E-state index contributed by atoms with van der Waals surface area (Å²) in [7, 11) is 0. The molecule has 0 aliphatic rings. The predicted octanol–water partition coefficient (Wildman–Crippen LogP) is 2.38. The summed E-state index contributed by atoms with van der Waals surface area (Å²) in [5.41, 5.74) is 2.06. The quantitative estimate of drug-likeness (QED) is 0.789. The largest absolute Gasteiger partial charge is 0.478 e. The Morgan fingerprint density at radius 2 is 2.20 bits per heavy atom. The van der Waals surface area contributed by atoms with Crippen LogP contribution < -0.4 is 0 Å². The molecule has 0 unspecified atom stereocenters.